The van der Waals surface area contributed by atoms with Crippen LogP contribution in [0.4, 0.5) is 5.69 Å². The summed E-state index contributed by atoms with van der Waals surface area (Å²) in [5.74, 6) is -0.213. The molecule has 1 N–H and O–H groups in total. The van der Waals surface area contributed by atoms with Crippen molar-refractivity contribution in [3.8, 4) is 0 Å². The van der Waals surface area contributed by atoms with Gasteiger partial charge in [-0.2, -0.15) is 0 Å². The summed E-state index contributed by atoms with van der Waals surface area (Å²) < 4.78 is 0. The van der Waals surface area contributed by atoms with Crippen LogP contribution < -0.4 is 5.32 Å². The Kier molecular flexibility index (Phi) is 12.8. The van der Waals surface area contributed by atoms with Crippen molar-refractivity contribution < 1.29 is 9.59 Å². The van der Waals surface area contributed by atoms with E-state index < -0.39 is 0 Å². The second kappa shape index (κ2) is 12.6. The lowest BCUT2D eigenvalue weighted by molar-refractivity contribution is -0.114. The van der Waals surface area contributed by atoms with E-state index in [1.165, 1.54) is 13.0 Å². The predicted molar refractivity (Wildman–Crippen MR) is 82.6 cm³/mol. The Morgan fingerprint density at radius 3 is 2.16 bits per heavy atom. The van der Waals surface area contributed by atoms with Crippen LogP contribution in [0.15, 0.2) is 36.4 Å². The summed E-state index contributed by atoms with van der Waals surface area (Å²) in [4.78, 5) is 22.3. The molecule has 0 aliphatic rings. The molecule has 0 saturated carbocycles. The molecule has 0 unspecified atom stereocenters. The van der Waals surface area contributed by atoms with E-state index in [1.807, 2.05) is 27.7 Å². The van der Waals surface area contributed by atoms with Crippen molar-refractivity contribution in [2.75, 3.05) is 5.32 Å². The number of rotatable bonds is 3. The SMILES string of the molecule is C/C=C/C(=O)c1cccc(NC(C)=O)c1.CC.CC. The Hall–Kier alpha value is -1.90. The Balaban J connectivity index is 0. The van der Waals surface area contributed by atoms with Crippen LogP contribution >= 0.6 is 0 Å². The Labute approximate surface area is 116 Å². The first-order valence-electron chi connectivity index (χ1n) is 6.68. The molecule has 1 aromatic rings. The van der Waals surface area contributed by atoms with Crippen molar-refractivity contribution in [3.05, 3.63) is 42.0 Å². The van der Waals surface area contributed by atoms with Gasteiger partial charge in [-0.25, -0.2) is 0 Å². The first kappa shape index (κ1) is 19.4. The number of nitrogens with one attached hydrogen (secondary N) is 1. The molecule has 1 rings (SSSR count). The van der Waals surface area contributed by atoms with Crippen molar-refractivity contribution in [3.63, 3.8) is 0 Å². The number of benzene rings is 1. The minimum Gasteiger partial charge on any atom is -0.326 e. The van der Waals surface area contributed by atoms with Gasteiger partial charge in [-0.15, -0.1) is 0 Å². The van der Waals surface area contributed by atoms with Crippen LogP contribution in [-0.4, -0.2) is 11.7 Å². The van der Waals surface area contributed by atoms with Crippen molar-refractivity contribution in [1.82, 2.24) is 0 Å². The van der Waals surface area contributed by atoms with Crippen LogP contribution in [0.3, 0.4) is 0 Å². The number of hydrogen-bond acceptors (Lipinski definition) is 2. The van der Waals surface area contributed by atoms with Crippen LogP contribution in [0.5, 0.6) is 0 Å². The molecule has 3 nitrogen and oxygen atoms in total. The summed E-state index contributed by atoms with van der Waals surface area (Å²) in [6, 6.07) is 6.85. The third-order valence-electron chi connectivity index (χ3n) is 1.79. The molecule has 0 aromatic heterocycles. The highest BCUT2D eigenvalue weighted by Gasteiger charge is 2.02. The van der Waals surface area contributed by atoms with Gasteiger partial charge < -0.3 is 5.32 Å². The monoisotopic (exact) mass is 263 g/mol. The summed E-state index contributed by atoms with van der Waals surface area (Å²) in [6.07, 6.45) is 3.18. The van der Waals surface area contributed by atoms with Gasteiger partial charge in [0.25, 0.3) is 0 Å². The maximum atomic E-state index is 11.5. The highest BCUT2D eigenvalue weighted by molar-refractivity contribution is 6.05. The maximum Gasteiger partial charge on any atom is 0.221 e. The zero-order chi connectivity index (χ0) is 15.3. The van der Waals surface area contributed by atoms with Gasteiger partial charge in [0, 0.05) is 18.2 Å². The molecular formula is C16H25NO2. The van der Waals surface area contributed by atoms with Crippen molar-refractivity contribution >= 4 is 17.4 Å². The molecule has 19 heavy (non-hydrogen) atoms. The van der Waals surface area contributed by atoms with Gasteiger partial charge in [0.1, 0.15) is 0 Å². The Morgan fingerprint density at radius 2 is 1.68 bits per heavy atom. The molecule has 0 radical (unpaired) electrons. The van der Waals surface area contributed by atoms with Gasteiger partial charge in [0.15, 0.2) is 5.78 Å². The van der Waals surface area contributed by atoms with Crippen molar-refractivity contribution in [1.29, 1.82) is 0 Å². The molecule has 0 aliphatic heterocycles. The molecule has 0 aliphatic carbocycles. The Morgan fingerprint density at radius 1 is 1.11 bits per heavy atom. The fourth-order valence-electron chi connectivity index (χ4n) is 1.20. The number of anilines is 1. The van der Waals surface area contributed by atoms with E-state index in [0.717, 1.165) is 0 Å². The van der Waals surface area contributed by atoms with Gasteiger partial charge in [-0.3, -0.25) is 9.59 Å². The molecule has 3 heteroatoms. The standard InChI is InChI=1S/C12H13NO2.2C2H6/c1-3-5-12(15)10-6-4-7-11(8-10)13-9(2)14;2*1-2/h3-8H,1-2H3,(H,13,14);2*1-2H3/b5-3+;;. The molecule has 0 fully saturated rings. The third-order valence-corrected chi connectivity index (χ3v) is 1.79. The lowest BCUT2D eigenvalue weighted by atomic mass is 10.1. The Bertz CT molecular complexity index is 409. The number of amides is 1. The normalized spacial score (nSPS) is 8.74. The first-order chi connectivity index (χ1) is 9.13. The smallest absolute Gasteiger partial charge is 0.221 e. The lowest BCUT2D eigenvalue weighted by Crippen LogP contribution is -2.06. The van der Waals surface area contributed by atoms with Gasteiger partial charge >= 0.3 is 0 Å². The zero-order valence-electron chi connectivity index (χ0n) is 12.8. The fraction of sp³-hybridized carbons (Fsp3) is 0.375. The second-order valence-corrected chi connectivity index (χ2v) is 3.13. The van der Waals surface area contributed by atoms with Crippen LogP contribution in [0.2, 0.25) is 0 Å². The van der Waals surface area contributed by atoms with E-state index >= 15 is 0 Å². The summed E-state index contributed by atoms with van der Waals surface area (Å²) in [5, 5.41) is 2.63. The summed E-state index contributed by atoms with van der Waals surface area (Å²) in [6.45, 7) is 11.2. The van der Waals surface area contributed by atoms with E-state index in [4.69, 9.17) is 0 Å². The van der Waals surface area contributed by atoms with E-state index in [9.17, 15) is 9.59 Å². The van der Waals surface area contributed by atoms with E-state index in [0.29, 0.717) is 11.3 Å². The zero-order valence-corrected chi connectivity index (χ0v) is 12.8. The topological polar surface area (TPSA) is 46.2 Å². The predicted octanol–water partition coefficient (Wildman–Crippen LogP) is 4.46. The van der Waals surface area contributed by atoms with Crippen molar-refractivity contribution in [2.45, 2.75) is 41.5 Å². The van der Waals surface area contributed by atoms with Crippen LogP contribution in [0.25, 0.3) is 0 Å². The van der Waals surface area contributed by atoms with Gasteiger partial charge in [-0.05, 0) is 25.1 Å². The second-order valence-electron chi connectivity index (χ2n) is 3.13. The average molecular weight is 263 g/mol. The molecular weight excluding hydrogens is 238 g/mol. The molecule has 0 spiro atoms. The number of ketones is 1. The fourth-order valence-corrected chi connectivity index (χ4v) is 1.20. The molecule has 0 heterocycles. The number of carbonyl (C=O) groups is 2. The van der Waals surface area contributed by atoms with Gasteiger partial charge in [-0.1, -0.05) is 45.9 Å². The minimum atomic E-state index is -0.148. The molecule has 106 valence electrons. The van der Waals surface area contributed by atoms with E-state index in [1.54, 1.807) is 37.3 Å². The average Bonchev–Trinajstić information content (AvgIpc) is 2.43. The van der Waals surface area contributed by atoms with Gasteiger partial charge in [0.05, 0.1) is 0 Å². The summed E-state index contributed by atoms with van der Waals surface area (Å²) in [7, 11) is 0. The minimum absolute atomic E-state index is 0.0651. The maximum absolute atomic E-state index is 11.5. The number of carbonyl (C=O) groups excluding carboxylic acids is 2. The largest absolute Gasteiger partial charge is 0.326 e. The third kappa shape index (κ3) is 8.77. The molecule has 1 aromatic carbocycles. The first-order valence-corrected chi connectivity index (χ1v) is 6.68. The molecule has 0 atom stereocenters. The van der Waals surface area contributed by atoms with Crippen LogP contribution in [-0.2, 0) is 4.79 Å². The van der Waals surface area contributed by atoms with E-state index in [-0.39, 0.29) is 11.7 Å². The quantitative estimate of drug-likeness (QED) is 0.646. The summed E-state index contributed by atoms with van der Waals surface area (Å²) in [5.41, 5.74) is 1.21. The van der Waals surface area contributed by atoms with Crippen LogP contribution in [0, 0.1) is 0 Å². The van der Waals surface area contributed by atoms with Crippen LogP contribution in [0.1, 0.15) is 51.9 Å². The molecule has 1 amide bonds. The highest BCUT2D eigenvalue weighted by Crippen LogP contribution is 2.11. The molecule has 0 saturated heterocycles. The lowest BCUT2D eigenvalue weighted by Gasteiger charge is -2.02. The van der Waals surface area contributed by atoms with Gasteiger partial charge in [0.2, 0.25) is 5.91 Å². The molecule has 0 bridgehead atoms. The number of allylic oxidation sites excluding steroid dienone is 2. The summed E-state index contributed by atoms with van der Waals surface area (Å²) >= 11 is 0. The highest BCUT2D eigenvalue weighted by atomic mass is 16.1. The van der Waals surface area contributed by atoms with E-state index in [2.05, 4.69) is 5.32 Å². The number of hydrogen-bond donors (Lipinski definition) is 1. The van der Waals surface area contributed by atoms with Crippen molar-refractivity contribution in [2.24, 2.45) is 0 Å².